The summed E-state index contributed by atoms with van der Waals surface area (Å²) in [5, 5.41) is 7.46. The van der Waals surface area contributed by atoms with Crippen LogP contribution in [0, 0.1) is 19.7 Å². The summed E-state index contributed by atoms with van der Waals surface area (Å²) in [7, 11) is 0. The van der Waals surface area contributed by atoms with Gasteiger partial charge in [0.05, 0.1) is 43.2 Å². The van der Waals surface area contributed by atoms with Crippen LogP contribution in [0.4, 0.5) is 27.5 Å². The van der Waals surface area contributed by atoms with Gasteiger partial charge in [-0.3, -0.25) is 4.98 Å². The number of ether oxygens (including phenoxy) is 1. The van der Waals surface area contributed by atoms with Crippen LogP contribution in [0.1, 0.15) is 16.8 Å². The predicted molar refractivity (Wildman–Crippen MR) is 120 cm³/mol. The Bertz CT molecular complexity index is 1050. The van der Waals surface area contributed by atoms with Crippen molar-refractivity contribution in [3.8, 4) is 0 Å². The molecular weight excluding hydrogens is 397 g/mol. The Balaban J connectivity index is 1.38. The van der Waals surface area contributed by atoms with Crippen LogP contribution in [0.5, 0.6) is 0 Å². The molecule has 1 aliphatic heterocycles. The highest BCUT2D eigenvalue weighted by Gasteiger charge is 2.17. The molecule has 1 aliphatic rings. The number of hydrogen-bond donors (Lipinski definition) is 2. The number of pyridine rings is 1. The molecule has 1 aromatic carbocycles. The Hall–Kier alpha value is -3.59. The van der Waals surface area contributed by atoms with Crippen LogP contribution in [0.3, 0.4) is 0 Å². The Morgan fingerprint density at radius 3 is 2.52 bits per heavy atom. The maximum absolute atomic E-state index is 14.1. The second-order valence-electron chi connectivity index (χ2n) is 7.31. The Morgan fingerprint density at radius 1 is 1.03 bits per heavy atom. The minimum atomic E-state index is -0.468. The molecule has 0 saturated carbocycles. The number of hydrazone groups is 1. The van der Waals surface area contributed by atoms with Crippen molar-refractivity contribution in [1.82, 2.24) is 15.0 Å². The van der Waals surface area contributed by atoms with Gasteiger partial charge in [0, 0.05) is 18.8 Å². The van der Waals surface area contributed by atoms with Crippen LogP contribution < -0.4 is 15.6 Å². The van der Waals surface area contributed by atoms with Crippen LogP contribution in [0.15, 0.2) is 47.8 Å². The Kier molecular flexibility index (Phi) is 6.32. The van der Waals surface area contributed by atoms with Crippen molar-refractivity contribution >= 4 is 29.4 Å². The van der Waals surface area contributed by atoms with Gasteiger partial charge in [-0.2, -0.15) is 10.1 Å². The zero-order valence-electron chi connectivity index (χ0n) is 17.5. The van der Waals surface area contributed by atoms with Crippen molar-refractivity contribution in [2.75, 3.05) is 41.9 Å². The van der Waals surface area contributed by atoms with Crippen LogP contribution in [-0.2, 0) is 4.74 Å². The summed E-state index contributed by atoms with van der Waals surface area (Å²) in [5.74, 6) is -0.00632. The monoisotopic (exact) mass is 421 g/mol. The van der Waals surface area contributed by atoms with Gasteiger partial charge < -0.3 is 15.0 Å². The number of benzene rings is 1. The van der Waals surface area contributed by atoms with Crippen molar-refractivity contribution in [3.05, 3.63) is 65.4 Å². The molecule has 0 unspecified atom stereocenters. The largest absolute Gasteiger partial charge is 0.378 e. The summed E-state index contributed by atoms with van der Waals surface area (Å²) >= 11 is 0. The van der Waals surface area contributed by atoms with Gasteiger partial charge in [0.2, 0.25) is 5.95 Å². The lowest BCUT2D eigenvalue weighted by Gasteiger charge is -2.27. The highest BCUT2D eigenvalue weighted by molar-refractivity contribution is 5.78. The average Bonchev–Trinajstić information content (AvgIpc) is 2.76. The third-order valence-electron chi connectivity index (χ3n) is 4.69. The van der Waals surface area contributed by atoms with E-state index in [4.69, 9.17) is 4.74 Å². The maximum atomic E-state index is 14.1. The first-order valence-electron chi connectivity index (χ1n) is 10.0. The predicted octanol–water partition coefficient (Wildman–Crippen LogP) is 3.65. The van der Waals surface area contributed by atoms with E-state index in [0.717, 1.165) is 17.6 Å². The normalized spacial score (nSPS) is 14.1. The van der Waals surface area contributed by atoms with Crippen molar-refractivity contribution < 1.29 is 9.13 Å². The minimum absolute atomic E-state index is 0.215. The Morgan fingerprint density at radius 2 is 1.81 bits per heavy atom. The number of nitrogens with one attached hydrogen (secondary N) is 2. The maximum Gasteiger partial charge on any atom is 0.245 e. The molecule has 0 amide bonds. The average molecular weight is 421 g/mol. The van der Waals surface area contributed by atoms with Crippen molar-refractivity contribution in [2.45, 2.75) is 13.8 Å². The first-order valence-corrected chi connectivity index (χ1v) is 10.0. The topological polar surface area (TPSA) is 87.6 Å². The molecule has 3 aromatic rings. The molecule has 0 atom stereocenters. The van der Waals surface area contributed by atoms with Gasteiger partial charge in [-0.25, -0.2) is 14.8 Å². The molecule has 1 fully saturated rings. The van der Waals surface area contributed by atoms with E-state index in [1.807, 2.05) is 17.0 Å². The Labute approximate surface area is 180 Å². The number of nitrogens with zero attached hydrogens (tertiary/aromatic N) is 5. The van der Waals surface area contributed by atoms with Gasteiger partial charge in [-0.1, -0.05) is 6.07 Å². The molecule has 0 radical (unpaired) electrons. The highest BCUT2D eigenvalue weighted by atomic mass is 19.1. The minimum Gasteiger partial charge on any atom is -0.378 e. The lowest BCUT2D eigenvalue weighted by Crippen LogP contribution is -2.37. The van der Waals surface area contributed by atoms with E-state index in [2.05, 4.69) is 62.8 Å². The molecule has 4 rings (SSSR count). The molecule has 1 saturated heterocycles. The molecular formula is C22H24FN7O. The van der Waals surface area contributed by atoms with Gasteiger partial charge in [-0.15, -0.1) is 0 Å². The quantitative estimate of drug-likeness (QED) is 0.464. The number of morpholine rings is 1. The molecule has 2 aromatic heterocycles. The van der Waals surface area contributed by atoms with Crippen molar-refractivity contribution in [2.24, 2.45) is 5.10 Å². The van der Waals surface area contributed by atoms with Crippen LogP contribution in [0.2, 0.25) is 0 Å². The van der Waals surface area contributed by atoms with Crippen molar-refractivity contribution in [1.29, 1.82) is 0 Å². The van der Waals surface area contributed by atoms with Gasteiger partial charge in [0.15, 0.2) is 11.6 Å². The molecule has 160 valence electrons. The molecule has 0 bridgehead atoms. The molecule has 0 aliphatic carbocycles. The van der Waals surface area contributed by atoms with Crippen LogP contribution in [0.25, 0.3) is 0 Å². The molecule has 2 N–H and O–H groups in total. The van der Waals surface area contributed by atoms with Crippen LogP contribution >= 0.6 is 0 Å². The zero-order valence-corrected chi connectivity index (χ0v) is 17.5. The lowest BCUT2D eigenvalue weighted by molar-refractivity contribution is 0.122. The number of hydrogen-bond acceptors (Lipinski definition) is 8. The first kappa shape index (κ1) is 20.7. The zero-order chi connectivity index (χ0) is 21.6. The summed E-state index contributed by atoms with van der Waals surface area (Å²) in [6.45, 7) is 6.40. The molecule has 0 spiro atoms. The van der Waals surface area contributed by atoms with E-state index in [0.29, 0.717) is 32.0 Å². The van der Waals surface area contributed by atoms with E-state index in [1.54, 1.807) is 12.4 Å². The van der Waals surface area contributed by atoms with E-state index in [1.165, 1.54) is 11.1 Å². The molecule has 31 heavy (non-hydrogen) atoms. The first-order chi connectivity index (χ1) is 15.1. The number of anilines is 4. The van der Waals surface area contributed by atoms with Gasteiger partial charge in [-0.05, 0) is 49.2 Å². The van der Waals surface area contributed by atoms with Gasteiger partial charge in [0.1, 0.15) is 0 Å². The lowest BCUT2D eigenvalue weighted by atomic mass is 10.1. The number of halogens is 1. The van der Waals surface area contributed by atoms with Gasteiger partial charge in [0.25, 0.3) is 0 Å². The SMILES string of the molecule is Cc1cc(C)cc(Nc2ccc(/C=N/Nc3ncc(F)c(N4CCOCC4)n3)nc2)c1. The van der Waals surface area contributed by atoms with E-state index >= 15 is 0 Å². The summed E-state index contributed by atoms with van der Waals surface area (Å²) in [6, 6.07) is 10.1. The molecule has 8 nitrogen and oxygen atoms in total. The fourth-order valence-corrected chi connectivity index (χ4v) is 3.33. The molecule has 3 heterocycles. The number of aromatic nitrogens is 3. The summed E-state index contributed by atoms with van der Waals surface area (Å²) in [5.41, 5.74) is 7.70. The number of rotatable bonds is 6. The summed E-state index contributed by atoms with van der Waals surface area (Å²) in [4.78, 5) is 14.4. The summed E-state index contributed by atoms with van der Waals surface area (Å²) < 4.78 is 19.4. The van der Waals surface area contributed by atoms with Crippen LogP contribution in [-0.4, -0.2) is 47.5 Å². The third kappa shape index (κ3) is 5.52. The second kappa shape index (κ2) is 9.48. The van der Waals surface area contributed by atoms with E-state index in [-0.39, 0.29) is 11.8 Å². The second-order valence-corrected chi connectivity index (χ2v) is 7.31. The standard InChI is InChI=1S/C22H24FN7O/c1-15-9-16(2)11-19(10-15)27-18-4-3-17(24-12-18)13-26-29-22-25-14-20(23)21(28-22)30-5-7-31-8-6-30/h3-4,9-14,27H,5-8H2,1-2H3,(H,25,28,29)/b26-13+. The molecule has 9 heteroatoms. The van der Waals surface area contributed by atoms with E-state index < -0.39 is 5.82 Å². The van der Waals surface area contributed by atoms with E-state index in [9.17, 15) is 4.39 Å². The smallest absolute Gasteiger partial charge is 0.245 e. The van der Waals surface area contributed by atoms with Crippen molar-refractivity contribution in [3.63, 3.8) is 0 Å². The third-order valence-corrected chi connectivity index (χ3v) is 4.69. The van der Waals surface area contributed by atoms with Gasteiger partial charge >= 0.3 is 0 Å². The summed E-state index contributed by atoms with van der Waals surface area (Å²) in [6.07, 6.45) is 4.44. The highest BCUT2D eigenvalue weighted by Crippen LogP contribution is 2.20. The number of aryl methyl sites for hydroxylation is 2. The fourth-order valence-electron chi connectivity index (χ4n) is 3.33. The fraction of sp³-hybridized carbons (Fsp3) is 0.273.